The van der Waals surface area contributed by atoms with Crippen molar-refractivity contribution in [1.29, 1.82) is 0 Å². The number of nitrogens with zero attached hydrogens (tertiary/aromatic N) is 2. The molecule has 3 amide bonds. The van der Waals surface area contributed by atoms with E-state index in [1.807, 2.05) is 6.92 Å². The molecular weight excluding hydrogens is 506 g/mol. The van der Waals surface area contributed by atoms with Gasteiger partial charge in [-0.2, -0.15) is 4.37 Å². The number of amides is 3. The Morgan fingerprint density at radius 1 is 1.11 bits per heavy atom. The van der Waals surface area contributed by atoms with Gasteiger partial charge in [-0.05, 0) is 60.6 Å². The topological polar surface area (TPSA) is 150 Å². The second-order valence-electron chi connectivity index (χ2n) is 8.86. The maximum Gasteiger partial charge on any atom is 0.273 e. The fourth-order valence-corrected chi connectivity index (χ4v) is 4.59. The minimum absolute atomic E-state index is 0.0179. The van der Waals surface area contributed by atoms with Crippen LogP contribution < -0.4 is 31.2 Å². The minimum atomic E-state index is -1.11. The van der Waals surface area contributed by atoms with Crippen LogP contribution in [0.1, 0.15) is 59.0 Å². The van der Waals surface area contributed by atoms with Crippen LogP contribution in [0, 0.1) is 5.92 Å². The van der Waals surface area contributed by atoms with E-state index in [0.717, 1.165) is 18.0 Å². The zero-order valence-corrected chi connectivity index (χ0v) is 22.7. The number of primary amides is 1. The first kappa shape index (κ1) is 28.5. The van der Waals surface area contributed by atoms with Crippen molar-refractivity contribution >= 4 is 40.6 Å². The molecule has 1 unspecified atom stereocenters. The van der Waals surface area contributed by atoms with Gasteiger partial charge >= 0.3 is 0 Å². The Bertz CT molecular complexity index is 1280. The van der Waals surface area contributed by atoms with E-state index in [1.165, 1.54) is 12.0 Å². The third-order valence-corrected chi connectivity index (χ3v) is 6.60. The molecule has 3 rings (SSSR count). The van der Waals surface area contributed by atoms with Gasteiger partial charge in [-0.1, -0.05) is 38.1 Å². The molecule has 0 bridgehead atoms. The molecule has 5 N–H and O–H groups in total. The van der Waals surface area contributed by atoms with E-state index in [4.69, 9.17) is 20.9 Å². The van der Waals surface area contributed by atoms with Crippen LogP contribution in [0.2, 0.25) is 0 Å². The van der Waals surface area contributed by atoms with Crippen LogP contribution in [0.15, 0.2) is 48.5 Å². The number of hydrogen-bond acceptors (Lipinski definition) is 8. The van der Waals surface area contributed by atoms with Gasteiger partial charge in [-0.3, -0.25) is 19.3 Å². The first-order chi connectivity index (χ1) is 18.2. The number of ether oxygens (including phenoxy) is 2. The molecule has 11 heteroatoms. The summed E-state index contributed by atoms with van der Waals surface area (Å²) in [6, 6.07) is 12.7. The summed E-state index contributed by atoms with van der Waals surface area (Å²) in [5.41, 5.74) is 12.0. The summed E-state index contributed by atoms with van der Waals surface area (Å²) in [4.78, 5) is 41.0. The maximum atomic E-state index is 14.1. The number of hydrogen-bond donors (Lipinski definition) is 3. The average molecular weight is 540 g/mol. The molecule has 0 saturated carbocycles. The van der Waals surface area contributed by atoms with Crippen LogP contribution in [0.3, 0.4) is 0 Å². The van der Waals surface area contributed by atoms with Crippen LogP contribution >= 0.6 is 11.5 Å². The number of carbonyl (C=O) groups excluding carboxylic acids is 3. The summed E-state index contributed by atoms with van der Waals surface area (Å²) in [5, 5.41) is 2.96. The molecule has 1 aromatic heterocycles. The van der Waals surface area contributed by atoms with Gasteiger partial charge in [0.15, 0.2) is 5.69 Å². The molecule has 10 nitrogen and oxygen atoms in total. The number of nitrogens with two attached hydrogens (primary N) is 2. The predicted octanol–water partition coefficient (Wildman–Crippen LogP) is 3.78. The quantitative estimate of drug-likeness (QED) is 0.317. The minimum Gasteiger partial charge on any atom is -0.495 e. The lowest BCUT2D eigenvalue weighted by atomic mass is 10.0. The smallest absolute Gasteiger partial charge is 0.273 e. The Morgan fingerprint density at radius 3 is 2.37 bits per heavy atom. The van der Waals surface area contributed by atoms with Crippen molar-refractivity contribution in [2.24, 2.45) is 11.7 Å². The third kappa shape index (κ3) is 6.41. The van der Waals surface area contributed by atoms with Gasteiger partial charge < -0.3 is 26.3 Å². The lowest BCUT2D eigenvalue weighted by molar-refractivity contribution is -0.122. The van der Waals surface area contributed by atoms with Gasteiger partial charge in [0.1, 0.15) is 22.4 Å². The highest BCUT2D eigenvalue weighted by Crippen LogP contribution is 2.38. The molecule has 0 aliphatic carbocycles. The van der Waals surface area contributed by atoms with Gasteiger partial charge in [-0.15, -0.1) is 0 Å². The normalized spacial score (nSPS) is 11.6. The Morgan fingerprint density at radius 2 is 1.79 bits per heavy atom. The Labute approximate surface area is 226 Å². The molecule has 38 heavy (non-hydrogen) atoms. The molecule has 0 aliphatic heterocycles. The van der Waals surface area contributed by atoms with Crippen molar-refractivity contribution in [2.45, 2.75) is 33.2 Å². The number of anilines is 2. The number of carbonyl (C=O) groups is 3. The number of rotatable bonds is 12. The van der Waals surface area contributed by atoms with Crippen LogP contribution in [0.5, 0.6) is 11.5 Å². The Kier molecular flexibility index (Phi) is 9.66. The molecule has 0 aliphatic rings. The molecule has 3 aromatic rings. The van der Waals surface area contributed by atoms with Crippen LogP contribution in [0.4, 0.5) is 11.4 Å². The molecule has 0 spiro atoms. The number of aromatic nitrogens is 1. The zero-order chi connectivity index (χ0) is 27.8. The molecular formula is C27H33N5O5S. The van der Waals surface area contributed by atoms with Crippen molar-refractivity contribution in [3.05, 3.63) is 64.7 Å². The molecule has 2 aromatic carbocycles. The molecule has 1 atom stereocenters. The maximum absolute atomic E-state index is 14.1. The van der Waals surface area contributed by atoms with E-state index < -0.39 is 23.8 Å². The standard InChI is InChI=1S/C27H33N5O5S/c1-5-37-18-12-10-17(11-13-18)23(26(34)30-15-14-16(2)3)32(19-8-6-7-9-20(19)36-4)27(35)24-21(28)22(25(29)33)31-38-24/h6-13,16,23H,5,14-15,28H2,1-4H3,(H2,29,33)(H,30,34). The SMILES string of the molecule is CCOc1ccc(C(C(=O)NCCC(C)C)N(C(=O)c2snc(C(N)=O)c2N)c2ccccc2OC)cc1. The first-order valence-corrected chi connectivity index (χ1v) is 13.0. The molecule has 0 radical (unpaired) electrons. The molecule has 0 saturated heterocycles. The average Bonchev–Trinajstić information content (AvgIpc) is 3.29. The first-order valence-electron chi connectivity index (χ1n) is 12.2. The summed E-state index contributed by atoms with van der Waals surface area (Å²) in [5.74, 6) is -0.512. The number of methoxy groups -OCH3 is 1. The van der Waals surface area contributed by atoms with E-state index in [-0.39, 0.29) is 16.3 Å². The van der Waals surface area contributed by atoms with Gasteiger partial charge in [0.05, 0.1) is 25.1 Å². The fraction of sp³-hybridized carbons (Fsp3) is 0.333. The highest BCUT2D eigenvalue weighted by Gasteiger charge is 2.37. The molecule has 0 fully saturated rings. The van der Waals surface area contributed by atoms with Crippen molar-refractivity contribution < 1.29 is 23.9 Å². The second-order valence-corrected chi connectivity index (χ2v) is 9.64. The largest absolute Gasteiger partial charge is 0.495 e. The second kappa shape index (κ2) is 12.9. The van der Waals surface area contributed by atoms with Crippen molar-refractivity contribution in [3.8, 4) is 11.5 Å². The number of para-hydroxylation sites is 2. The Hall–Kier alpha value is -4.12. The zero-order valence-electron chi connectivity index (χ0n) is 21.9. The monoisotopic (exact) mass is 539 g/mol. The van der Waals surface area contributed by atoms with Crippen LogP contribution in [0.25, 0.3) is 0 Å². The number of nitrogens with one attached hydrogen (secondary N) is 1. The fourth-order valence-electron chi connectivity index (χ4n) is 3.84. The lowest BCUT2D eigenvalue weighted by Crippen LogP contribution is -2.44. The van der Waals surface area contributed by atoms with E-state index in [2.05, 4.69) is 23.5 Å². The van der Waals surface area contributed by atoms with E-state index in [1.54, 1.807) is 48.5 Å². The highest BCUT2D eigenvalue weighted by atomic mass is 32.1. The van der Waals surface area contributed by atoms with Crippen molar-refractivity contribution in [3.63, 3.8) is 0 Å². The molecule has 1 heterocycles. The lowest BCUT2D eigenvalue weighted by Gasteiger charge is -2.32. The van der Waals surface area contributed by atoms with Gasteiger partial charge in [0, 0.05) is 6.54 Å². The summed E-state index contributed by atoms with van der Waals surface area (Å²) in [6.07, 6.45) is 0.758. The number of benzene rings is 2. The van der Waals surface area contributed by atoms with Gasteiger partial charge in [0.2, 0.25) is 5.91 Å². The van der Waals surface area contributed by atoms with E-state index in [0.29, 0.717) is 41.8 Å². The predicted molar refractivity (Wildman–Crippen MR) is 148 cm³/mol. The molecule has 202 valence electrons. The third-order valence-electron chi connectivity index (χ3n) is 5.75. The summed E-state index contributed by atoms with van der Waals surface area (Å²) in [7, 11) is 1.47. The highest BCUT2D eigenvalue weighted by molar-refractivity contribution is 7.09. The summed E-state index contributed by atoms with van der Waals surface area (Å²) < 4.78 is 15.1. The van der Waals surface area contributed by atoms with E-state index in [9.17, 15) is 14.4 Å². The van der Waals surface area contributed by atoms with Crippen LogP contribution in [-0.4, -0.2) is 42.4 Å². The van der Waals surface area contributed by atoms with Gasteiger partial charge in [0.25, 0.3) is 11.8 Å². The summed E-state index contributed by atoms with van der Waals surface area (Å²) >= 11 is 0.745. The van der Waals surface area contributed by atoms with Crippen molar-refractivity contribution in [1.82, 2.24) is 9.69 Å². The number of nitrogen functional groups attached to an aromatic ring is 1. The van der Waals surface area contributed by atoms with E-state index >= 15 is 0 Å². The van der Waals surface area contributed by atoms with Gasteiger partial charge in [-0.25, -0.2) is 0 Å². The van der Waals surface area contributed by atoms with Crippen LogP contribution in [-0.2, 0) is 4.79 Å². The van der Waals surface area contributed by atoms with Crippen molar-refractivity contribution in [2.75, 3.05) is 30.9 Å². The Balaban J connectivity index is 2.20. The summed E-state index contributed by atoms with van der Waals surface area (Å²) in [6.45, 7) is 6.90.